The molecule has 1 aromatic heterocycles. The molecule has 0 bridgehead atoms. The Morgan fingerprint density at radius 1 is 1.47 bits per heavy atom. The fourth-order valence-electron chi connectivity index (χ4n) is 2.66. The highest BCUT2D eigenvalue weighted by molar-refractivity contribution is 7.99. The van der Waals surface area contributed by atoms with Crippen molar-refractivity contribution in [3.05, 3.63) is 29.6 Å². The van der Waals surface area contributed by atoms with Crippen LogP contribution in [0.3, 0.4) is 0 Å². The Morgan fingerprint density at radius 3 is 2.95 bits per heavy atom. The van der Waals surface area contributed by atoms with E-state index in [1.807, 2.05) is 42.8 Å². The molecular weight excluding hydrogens is 256 g/mol. The average molecular weight is 278 g/mol. The lowest BCUT2D eigenvalue weighted by atomic mass is 10.2. The number of carbonyl (C=O) groups excluding carboxylic acids is 1. The van der Waals surface area contributed by atoms with Crippen molar-refractivity contribution >= 4 is 17.7 Å². The van der Waals surface area contributed by atoms with Gasteiger partial charge in [-0.1, -0.05) is 13.0 Å². The van der Waals surface area contributed by atoms with Gasteiger partial charge in [0.1, 0.15) is 5.69 Å². The molecule has 0 aromatic carbocycles. The number of hydrogen-bond acceptors (Lipinski definition) is 3. The minimum atomic E-state index is 0.0517. The van der Waals surface area contributed by atoms with E-state index in [-0.39, 0.29) is 5.91 Å². The van der Waals surface area contributed by atoms with E-state index in [9.17, 15) is 4.79 Å². The van der Waals surface area contributed by atoms with E-state index in [4.69, 9.17) is 0 Å². The number of carbonyl (C=O) groups is 1. The van der Waals surface area contributed by atoms with Crippen LogP contribution >= 0.6 is 11.8 Å². The van der Waals surface area contributed by atoms with E-state index in [1.54, 1.807) is 6.07 Å². The van der Waals surface area contributed by atoms with Crippen molar-refractivity contribution in [3.8, 4) is 0 Å². The van der Waals surface area contributed by atoms with Gasteiger partial charge in [0.15, 0.2) is 0 Å². The first-order valence-corrected chi connectivity index (χ1v) is 7.99. The zero-order chi connectivity index (χ0) is 13.8. The molecule has 3 nitrogen and oxygen atoms in total. The Morgan fingerprint density at radius 2 is 2.26 bits per heavy atom. The number of hydrogen-bond donors (Lipinski definition) is 0. The van der Waals surface area contributed by atoms with Crippen LogP contribution in [0, 0.1) is 6.92 Å². The lowest BCUT2D eigenvalue weighted by molar-refractivity contribution is 0.0729. The van der Waals surface area contributed by atoms with Gasteiger partial charge in [0.25, 0.3) is 5.91 Å². The highest BCUT2D eigenvalue weighted by Gasteiger charge is 2.30. The first-order valence-electron chi connectivity index (χ1n) is 6.94. The van der Waals surface area contributed by atoms with Gasteiger partial charge in [-0.3, -0.25) is 4.79 Å². The van der Waals surface area contributed by atoms with Gasteiger partial charge in [-0.25, -0.2) is 4.98 Å². The van der Waals surface area contributed by atoms with Crippen molar-refractivity contribution in [3.63, 3.8) is 0 Å². The Balaban J connectivity index is 2.00. The Kier molecular flexibility index (Phi) is 4.86. The van der Waals surface area contributed by atoms with E-state index in [0.29, 0.717) is 11.7 Å². The number of rotatable bonds is 4. The summed E-state index contributed by atoms with van der Waals surface area (Å²) in [6.45, 7) is 4.11. The summed E-state index contributed by atoms with van der Waals surface area (Å²) in [4.78, 5) is 18.6. The summed E-state index contributed by atoms with van der Waals surface area (Å²) >= 11 is 2.02. The fourth-order valence-corrected chi connectivity index (χ4v) is 3.80. The molecule has 104 valence electrons. The van der Waals surface area contributed by atoms with Crippen LogP contribution in [0.1, 0.15) is 42.4 Å². The number of nitrogens with zero attached hydrogens (tertiary/aromatic N) is 2. The molecule has 2 rings (SSSR count). The minimum absolute atomic E-state index is 0.0517. The standard InChI is InChI=1S/C15H22N2OS/c1-4-19-13-9-8-12(10-13)17(3)15(18)14-7-5-6-11(2)16-14/h5-7,12-13H,4,8-10H2,1-3H3/t12-,13-/m0/s1. The maximum atomic E-state index is 12.4. The van der Waals surface area contributed by atoms with E-state index in [2.05, 4.69) is 11.9 Å². The molecule has 1 aliphatic carbocycles. The maximum absolute atomic E-state index is 12.4. The van der Waals surface area contributed by atoms with Gasteiger partial charge in [-0.2, -0.15) is 11.8 Å². The van der Waals surface area contributed by atoms with Crippen LogP contribution in [-0.4, -0.2) is 39.9 Å². The topological polar surface area (TPSA) is 33.2 Å². The van der Waals surface area contributed by atoms with Gasteiger partial charge in [-0.05, 0) is 44.1 Å². The Bertz CT molecular complexity index is 450. The number of aromatic nitrogens is 1. The first kappa shape index (κ1) is 14.4. The Labute approximate surface area is 119 Å². The molecule has 19 heavy (non-hydrogen) atoms. The second-order valence-corrected chi connectivity index (χ2v) is 6.70. The molecule has 0 unspecified atom stereocenters. The highest BCUT2D eigenvalue weighted by atomic mass is 32.2. The SMILES string of the molecule is CCS[C@H]1CC[C@H](N(C)C(=O)c2cccc(C)n2)C1. The average Bonchev–Trinajstić information content (AvgIpc) is 2.86. The molecular formula is C15H22N2OS. The number of aryl methyl sites for hydroxylation is 1. The summed E-state index contributed by atoms with van der Waals surface area (Å²) in [5, 5.41) is 0.718. The van der Waals surface area contributed by atoms with Crippen molar-refractivity contribution in [2.75, 3.05) is 12.8 Å². The third kappa shape index (κ3) is 3.50. The maximum Gasteiger partial charge on any atom is 0.272 e. The van der Waals surface area contributed by atoms with Crippen LogP contribution in [0.15, 0.2) is 18.2 Å². The molecule has 0 saturated heterocycles. The van der Waals surface area contributed by atoms with Crippen LogP contribution in [0.5, 0.6) is 0 Å². The molecule has 1 aliphatic rings. The lowest BCUT2D eigenvalue weighted by Crippen LogP contribution is -2.36. The van der Waals surface area contributed by atoms with Crippen molar-refractivity contribution < 1.29 is 4.79 Å². The van der Waals surface area contributed by atoms with Crippen molar-refractivity contribution in [1.29, 1.82) is 0 Å². The number of pyridine rings is 1. The molecule has 0 aliphatic heterocycles. The summed E-state index contributed by atoms with van der Waals surface area (Å²) < 4.78 is 0. The van der Waals surface area contributed by atoms with Crippen LogP contribution in [0.2, 0.25) is 0 Å². The first-order chi connectivity index (χ1) is 9.11. The molecule has 1 amide bonds. The largest absolute Gasteiger partial charge is 0.337 e. The van der Waals surface area contributed by atoms with Crippen LogP contribution in [0.25, 0.3) is 0 Å². The van der Waals surface area contributed by atoms with Crippen LogP contribution < -0.4 is 0 Å². The van der Waals surface area contributed by atoms with Crippen LogP contribution in [-0.2, 0) is 0 Å². The third-order valence-corrected chi connectivity index (χ3v) is 4.97. The molecule has 1 saturated carbocycles. The predicted molar refractivity (Wildman–Crippen MR) is 80.6 cm³/mol. The number of amides is 1. The molecule has 1 aromatic rings. The summed E-state index contributed by atoms with van der Waals surface area (Å²) in [6.07, 6.45) is 3.46. The van der Waals surface area contributed by atoms with Crippen molar-refractivity contribution in [1.82, 2.24) is 9.88 Å². The molecule has 0 N–H and O–H groups in total. The van der Waals surface area contributed by atoms with Crippen molar-refractivity contribution in [2.24, 2.45) is 0 Å². The second kappa shape index (κ2) is 6.42. The van der Waals surface area contributed by atoms with Gasteiger partial charge in [0.2, 0.25) is 0 Å². The van der Waals surface area contributed by atoms with E-state index in [0.717, 1.165) is 29.5 Å². The molecule has 0 spiro atoms. The van der Waals surface area contributed by atoms with Gasteiger partial charge < -0.3 is 4.90 Å². The summed E-state index contributed by atoms with van der Waals surface area (Å²) in [5.41, 5.74) is 1.46. The minimum Gasteiger partial charge on any atom is -0.337 e. The third-order valence-electron chi connectivity index (χ3n) is 3.73. The lowest BCUT2D eigenvalue weighted by Gasteiger charge is -2.24. The second-order valence-electron chi connectivity index (χ2n) is 5.12. The van der Waals surface area contributed by atoms with Crippen LogP contribution in [0.4, 0.5) is 0 Å². The molecule has 1 heterocycles. The van der Waals surface area contributed by atoms with Crippen molar-refractivity contribution in [2.45, 2.75) is 44.4 Å². The van der Waals surface area contributed by atoms with Gasteiger partial charge in [0.05, 0.1) is 0 Å². The molecule has 0 radical (unpaired) electrons. The van der Waals surface area contributed by atoms with E-state index < -0.39 is 0 Å². The summed E-state index contributed by atoms with van der Waals surface area (Å²) in [5.74, 6) is 1.21. The monoisotopic (exact) mass is 278 g/mol. The highest BCUT2D eigenvalue weighted by Crippen LogP contribution is 2.32. The van der Waals surface area contributed by atoms with Gasteiger partial charge in [0, 0.05) is 24.0 Å². The van der Waals surface area contributed by atoms with E-state index >= 15 is 0 Å². The zero-order valence-electron chi connectivity index (χ0n) is 11.9. The summed E-state index contributed by atoms with van der Waals surface area (Å²) in [7, 11) is 1.91. The fraction of sp³-hybridized carbons (Fsp3) is 0.600. The molecule has 1 fully saturated rings. The normalized spacial score (nSPS) is 22.5. The van der Waals surface area contributed by atoms with E-state index in [1.165, 1.54) is 6.42 Å². The molecule has 2 atom stereocenters. The smallest absolute Gasteiger partial charge is 0.272 e. The zero-order valence-corrected chi connectivity index (χ0v) is 12.7. The predicted octanol–water partition coefficient (Wildman–Crippen LogP) is 3.14. The van der Waals surface area contributed by atoms with Gasteiger partial charge >= 0.3 is 0 Å². The quantitative estimate of drug-likeness (QED) is 0.848. The summed E-state index contributed by atoms with van der Waals surface area (Å²) in [6, 6.07) is 5.99. The van der Waals surface area contributed by atoms with Gasteiger partial charge in [-0.15, -0.1) is 0 Å². The molecule has 4 heteroatoms. The number of thioether (sulfide) groups is 1. The Hall–Kier alpha value is -1.03.